The van der Waals surface area contributed by atoms with Gasteiger partial charge in [-0.3, -0.25) is 14.9 Å². The van der Waals surface area contributed by atoms with Gasteiger partial charge in [0, 0.05) is 37.8 Å². The Balaban J connectivity index is 2.24. The molecule has 0 radical (unpaired) electrons. The van der Waals surface area contributed by atoms with Crippen molar-refractivity contribution in [1.82, 2.24) is 10.2 Å². The number of ether oxygens (including phenoxy) is 1. The molecule has 0 spiro atoms. The molecule has 1 aromatic rings. The van der Waals surface area contributed by atoms with E-state index in [9.17, 15) is 32.9 Å². The largest absolute Gasteiger partial charge is 0.444 e. The zero-order valence-corrected chi connectivity index (χ0v) is 17.6. The van der Waals surface area contributed by atoms with Crippen molar-refractivity contribution in [2.45, 2.75) is 51.4 Å². The van der Waals surface area contributed by atoms with Gasteiger partial charge in [-0.05, 0) is 39.7 Å². The van der Waals surface area contributed by atoms with Crippen molar-refractivity contribution in [2.24, 2.45) is 0 Å². The van der Waals surface area contributed by atoms with Crippen molar-refractivity contribution < 1.29 is 32.4 Å². The Morgan fingerprint density at radius 1 is 1.26 bits per heavy atom. The van der Waals surface area contributed by atoms with Crippen LogP contribution in [0.15, 0.2) is 12.1 Å². The van der Waals surface area contributed by atoms with E-state index in [0.29, 0.717) is 25.5 Å². The van der Waals surface area contributed by atoms with Crippen LogP contribution >= 0.6 is 0 Å². The fourth-order valence-corrected chi connectivity index (χ4v) is 3.24. The van der Waals surface area contributed by atoms with Gasteiger partial charge in [0.2, 0.25) is 0 Å². The number of benzene rings is 1. The van der Waals surface area contributed by atoms with Crippen molar-refractivity contribution >= 4 is 23.4 Å². The molecule has 1 fully saturated rings. The molecule has 0 aromatic heterocycles. The Labute approximate surface area is 177 Å². The van der Waals surface area contributed by atoms with Crippen LogP contribution in [0.2, 0.25) is 0 Å². The van der Waals surface area contributed by atoms with Crippen LogP contribution in [-0.2, 0) is 10.9 Å². The molecule has 1 aromatic carbocycles. The van der Waals surface area contributed by atoms with Crippen LogP contribution in [0.4, 0.5) is 29.3 Å². The number of piperidine rings is 1. The van der Waals surface area contributed by atoms with Gasteiger partial charge in [-0.1, -0.05) is 0 Å². The number of anilines is 1. The average molecular weight is 446 g/mol. The molecule has 0 aliphatic carbocycles. The van der Waals surface area contributed by atoms with E-state index in [0.717, 1.165) is 13.1 Å². The first kappa shape index (κ1) is 24.2. The molecule has 12 heteroatoms. The zero-order chi connectivity index (χ0) is 23.6. The van der Waals surface area contributed by atoms with Gasteiger partial charge in [0.15, 0.2) is 0 Å². The lowest BCUT2D eigenvalue weighted by molar-refractivity contribution is -0.384. The number of carbonyl (C=O) groups is 2. The van der Waals surface area contributed by atoms with Crippen molar-refractivity contribution in [2.75, 3.05) is 25.5 Å². The Hall–Kier alpha value is -3.05. The Morgan fingerprint density at radius 3 is 2.42 bits per heavy atom. The summed E-state index contributed by atoms with van der Waals surface area (Å²) in [4.78, 5) is 36.6. The lowest BCUT2D eigenvalue weighted by Gasteiger charge is -2.34. The molecule has 1 saturated heterocycles. The second-order valence-corrected chi connectivity index (χ2v) is 8.16. The lowest BCUT2D eigenvalue weighted by atomic mass is 10.0. The number of nitro benzene ring substituents is 1. The number of carbonyl (C=O) groups excluding carboxylic acids is 2. The maximum absolute atomic E-state index is 13.4. The number of alkyl halides is 3. The van der Waals surface area contributed by atoms with Crippen LogP contribution in [0.25, 0.3) is 0 Å². The van der Waals surface area contributed by atoms with E-state index >= 15 is 0 Å². The average Bonchev–Trinajstić information content (AvgIpc) is 2.64. The smallest absolute Gasteiger partial charge is 0.418 e. The normalized spacial score (nSPS) is 17.1. The minimum Gasteiger partial charge on any atom is -0.444 e. The van der Waals surface area contributed by atoms with Crippen LogP contribution < -0.4 is 10.6 Å². The van der Waals surface area contributed by atoms with E-state index in [2.05, 4.69) is 10.6 Å². The molecule has 31 heavy (non-hydrogen) atoms. The van der Waals surface area contributed by atoms with Crippen LogP contribution in [0.5, 0.6) is 0 Å². The molecule has 1 atom stereocenters. The van der Waals surface area contributed by atoms with Gasteiger partial charge in [0.25, 0.3) is 11.6 Å². The minimum atomic E-state index is -4.91. The van der Waals surface area contributed by atoms with Crippen molar-refractivity contribution in [3.05, 3.63) is 33.4 Å². The molecule has 1 unspecified atom stereocenters. The van der Waals surface area contributed by atoms with Gasteiger partial charge in [0.1, 0.15) is 11.3 Å². The maximum atomic E-state index is 13.4. The van der Waals surface area contributed by atoms with E-state index in [1.165, 1.54) is 4.90 Å². The highest BCUT2D eigenvalue weighted by Crippen LogP contribution is 2.40. The number of nitrogens with one attached hydrogen (secondary N) is 2. The summed E-state index contributed by atoms with van der Waals surface area (Å²) in [7, 11) is 1.13. The van der Waals surface area contributed by atoms with Gasteiger partial charge in [-0.2, -0.15) is 13.2 Å². The van der Waals surface area contributed by atoms with Crippen LogP contribution in [0, 0.1) is 10.1 Å². The van der Waals surface area contributed by atoms with Gasteiger partial charge >= 0.3 is 12.3 Å². The summed E-state index contributed by atoms with van der Waals surface area (Å²) >= 11 is 0. The highest BCUT2D eigenvalue weighted by Gasteiger charge is 2.38. The molecule has 0 bridgehead atoms. The summed E-state index contributed by atoms with van der Waals surface area (Å²) < 4.78 is 45.5. The second-order valence-electron chi connectivity index (χ2n) is 8.16. The maximum Gasteiger partial charge on any atom is 0.418 e. The van der Waals surface area contributed by atoms with E-state index < -0.39 is 57.2 Å². The molecule has 1 aliphatic rings. The van der Waals surface area contributed by atoms with Crippen LogP contribution in [0.1, 0.15) is 49.5 Å². The third kappa shape index (κ3) is 6.22. The third-order valence-corrected chi connectivity index (χ3v) is 4.54. The summed E-state index contributed by atoms with van der Waals surface area (Å²) in [6.45, 7) is 5.68. The zero-order valence-electron chi connectivity index (χ0n) is 17.6. The highest BCUT2D eigenvalue weighted by molar-refractivity contribution is 5.96. The summed E-state index contributed by atoms with van der Waals surface area (Å²) in [6.07, 6.45) is -4.41. The number of hydrogen-bond acceptors (Lipinski definition) is 6. The number of amides is 2. The van der Waals surface area contributed by atoms with Gasteiger partial charge in [0.05, 0.1) is 10.5 Å². The van der Waals surface area contributed by atoms with E-state index in [-0.39, 0.29) is 6.54 Å². The van der Waals surface area contributed by atoms with E-state index in [1.807, 2.05) is 0 Å². The molecular weight excluding hydrogens is 421 g/mol. The van der Waals surface area contributed by atoms with Gasteiger partial charge < -0.3 is 20.3 Å². The van der Waals surface area contributed by atoms with Crippen molar-refractivity contribution in [3.8, 4) is 0 Å². The summed E-state index contributed by atoms with van der Waals surface area (Å²) in [6, 6.07) is 0.833. The van der Waals surface area contributed by atoms with Crippen molar-refractivity contribution in [1.29, 1.82) is 0 Å². The first-order chi connectivity index (χ1) is 14.2. The molecule has 1 heterocycles. The van der Waals surface area contributed by atoms with Crippen LogP contribution in [-0.4, -0.2) is 53.6 Å². The quantitative estimate of drug-likeness (QED) is 0.537. The standard InChI is InChI=1S/C19H25F3N4O5/c1-18(2,3)31-17(28)25-7-5-6-12(10-25)24-16(27)11-8-13(19(20,21)22)15(23-4)14(9-11)26(29)30/h8-9,12,23H,5-7,10H2,1-4H3,(H,24,27). The van der Waals surface area contributed by atoms with E-state index in [1.54, 1.807) is 20.8 Å². The first-order valence-corrected chi connectivity index (χ1v) is 9.59. The molecule has 2 N–H and O–H groups in total. The number of nitro groups is 1. The van der Waals surface area contributed by atoms with Crippen LogP contribution in [0.3, 0.4) is 0 Å². The topological polar surface area (TPSA) is 114 Å². The highest BCUT2D eigenvalue weighted by atomic mass is 19.4. The summed E-state index contributed by atoms with van der Waals surface area (Å²) in [5.74, 6) is -0.896. The third-order valence-electron chi connectivity index (χ3n) is 4.54. The number of halogens is 3. The van der Waals surface area contributed by atoms with Crippen molar-refractivity contribution in [3.63, 3.8) is 0 Å². The fraction of sp³-hybridized carbons (Fsp3) is 0.579. The van der Waals surface area contributed by atoms with Gasteiger partial charge in [-0.25, -0.2) is 4.79 Å². The number of rotatable bonds is 4. The molecular formula is C19H25F3N4O5. The molecule has 0 saturated carbocycles. The fourth-order valence-electron chi connectivity index (χ4n) is 3.24. The Morgan fingerprint density at radius 2 is 1.90 bits per heavy atom. The van der Waals surface area contributed by atoms with E-state index in [4.69, 9.17) is 4.74 Å². The first-order valence-electron chi connectivity index (χ1n) is 9.59. The van der Waals surface area contributed by atoms with Gasteiger partial charge in [-0.15, -0.1) is 0 Å². The monoisotopic (exact) mass is 446 g/mol. The molecule has 9 nitrogen and oxygen atoms in total. The Kier molecular flexibility index (Phi) is 7.02. The number of likely N-dealkylation sites (tertiary alicyclic amines) is 1. The summed E-state index contributed by atoms with van der Waals surface area (Å²) in [5.41, 5.74) is -4.08. The summed E-state index contributed by atoms with van der Waals surface area (Å²) in [5, 5.41) is 16.0. The predicted octanol–water partition coefficient (Wildman–Crippen LogP) is 3.78. The molecule has 2 amide bonds. The molecule has 172 valence electrons. The minimum absolute atomic E-state index is 0.115. The number of hydrogen-bond donors (Lipinski definition) is 2. The predicted molar refractivity (Wildman–Crippen MR) is 106 cm³/mol. The second kappa shape index (κ2) is 8.98. The number of nitrogens with zero attached hydrogens (tertiary/aromatic N) is 2. The molecule has 1 aliphatic heterocycles. The lowest BCUT2D eigenvalue weighted by Crippen LogP contribution is -2.50. The SMILES string of the molecule is CNc1c([N+](=O)[O-])cc(C(=O)NC2CCCN(C(=O)OC(C)(C)C)C2)cc1C(F)(F)F. The molecule has 2 rings (SSSR count). The Bertz CT molecular complexity index is 867.